The average Bonchev–Trinajstić information content (AvgIpc) is 2.29. The fourth-order valence-electron chi connectivity index (χ4n) is 1.62. The number of amides is 1. The molecule has 16 heavy (non-hydrogen) atoms. The quantitative estimate of drug-likeness (QED) is 0.823. The van der Waals surface area contributed by atoms with E-state index in [-0.39, 0.29) is 11.9 Å². The van der Waals surface area contributed by atoms with Gasteiger partial charge in [-0.15, -0.1) is 0 Å². The van der Waals surface area contributed by atoms with Gasteiger partial charge in [-0.25, -0.2) is 0 Å². The van der Waals surface area contributed by atoms with Crippen molar-refractivity contribution in [3.8, 4) is 0 Å². The molecule has 0 saturated carbocycles. The van der Waals surface area contributed by atoms with Gasteiger partial charge in [0.1, 0.15) is 0 Å². The van der Waals surface area contributed by atoms with Gasteiger partial charge in [-0.3, -0.25) is 4.79 Å². The number of hydrogen-bond donors (Lipinski definition) is 1. The molecule has 1 aromatic carbocycles. The van der Waals surface area contributed by atoms with Gasteiger partial charge in [0.05, 0.1) is 0 Å². The van der Waals surface area contributed by atoms with Crippen molar-refractivity contribution in [2.45, 2.75) is 26.3 Å². The highest BCUT2D eigenvalue weighted by molar-refractivity contribution is 5.93. The second kappa shape index (κ2) is 6.28. The number of rotatable bonds is 5. The fraction of sp³-hybridized carbons (Fsp3) is 0.462. The highest BCUT2D eigenvalue weighted by Gasteiger charge is 2.13. The molecule has 88 valence electrons. The van der Waals surface area contributed by atoms with Crippen molar-refractivity contribution < 1.29 is 4.79 Å². The fourth-order valence-corrected chi connectivity index (χ4v) is 1.62. The van der Waals surface area contributed by atoms with Gasteiger partial charge >= 0.3 is 0 Å². The number of benzene rings is 1. The highest BCUT2D eigenvalue weighted by atomic mass is 16.2. The van der Waals surface area contributed by atoms with Gasteiger partial charge in [-0.2, -0.15) is 0 Å². The van der Waals surface area contributed by atoms with Crippen molar-refractivity contribution in [2.24, 2.45) is 0 Å². The maximum absolute atomic E-state index is 11.9. The summed E-state index contributed by atoms with van der Waals surface area (Å²) in [5.74, 6) is 0.139. The first-order valence-corrected chi connectivity index (χ1v) is 5.70. The first-order valence-electron chi connectivity index (χ1n) is 5.70. The van der Waals surface area contributed by atoms with Gasteiger partial charge in [0.2, 0.25) is 5.91 Å². The van der Waals surface area contributed by atoms with Gasteiger partial charge in [0.15, 0.2) is 0 Å². The van der Waals surface area contributed by atoms with Gasteiger partial charge in [-0.1, -0.05) is 25.1 Å². The number of hydrogen-bond acceptors (Lipinski definition) is 2. The molecule has 1 aromatic rings. The Morgan fingerprint density at radius 1 is 1.38 bits per heavy atom. The minimum atomic E-state index is 0.139. The Morgan fingerprint density at radius 3 is 2.56 bits per heavy atom. The number of para-hydroxylation sites is 1. The van der Waals surface area contributed by atoms with Crippen LogP contribution in [0.2, 0.25) is 0 Å². The van der Waals surface area contributed by atoms with Crippen LogP contribution in [0.4, 0.5) is 5.69 Å². The minimum absolute atomic E-state index is 0.139. The Hall–Kier alpha value is -1.35. The van der Waals surface area contributed by atoms with E-state index >= 15 is 0 Å². The zero-order valence-electron chi connectivity index (χ0n) is 10.2. The van der Waals surface area contributed by atoms with Crippen molar-refractivity contribution in [1.29, 1.82) is 0 Å². The Labute approximate surface area is 97.5 Å². The maximum atomic E-state index is 11.9. The Bertz CT molecular complexity index is 324. The van der Waals surface area contributed by atoms with E-state index in [0.29, 0.717) is 6.42 Å². The molecule has 1 unspecified atom stereocenters. The van der Waals surface area contributed by atoms with Crippen LogP contribution in [-0.2, 0) is 4.79 Å². The number of carbonyl (C=O) groups excluding carboxylic acids is 1. The van der Waals surface area contributed by atoms with E-state index in [0.717, 1.165) is 12.2 Å². The van der Waals surface area contributed by atoms with E-state index in [1.54, 1.807) is 4.90 Å². The lowest BCUT2D eigenvalue weighted by Gasteiger charge is -2.20. The molecule has 0 heterocycles. The van der Waals surface area contributed by atoms with E-state index in [2.05, 4.69) is 5.32 Å². The van der Waals surface area contributed by atoms with Crippen LogP contribution in [0.1, 0.15) is 20.3 Å². The van der Waals surface area contributed by atoms with Crippen LogP contribution < -0.4 is 10.2 Å². The molecule has 0 aliphatic rings. The molecule has 0 fully saturated rings. The summed E-state index contributed by atoms with van der Waals surface area (Å²) >= 11 is 0. The van der Waals surface area contributed by atoms with Gasteiger partial charge in [-0.05, 0) is 25.6 Å². The third kappa shape index (κ3) is 3.66. The van der Waals surface area contributed by atoms with Gasteiger partial charge in [0, 0.05) is 25.2 Å². The zero-order valence-corrected chi connectivity index (χ0v) is 10.2. The first kappa shape index (κ1) is 12.7. The predicted octanol–water partition coefficient (Wildman–Crippen LogP) is 2.04. The van der Waals surface area contributed by atoms with E-state index < -0.39 is 0 Å². The van der Waals surface area contributed by atoms with Gasteiger partial charge in [0.25, 0.3) is 0 Å². The molecule has 0 aliphatic heterocycles. The third-order valence-corrected chi connectivity index (χ3v) is 2.55. The average molecular weight is 220 g/mol. The molecule has 0 saturated heterocycles. The molecular formula is C13H20N2O. The Balaban J connectivity index is 2.55. The van der Waals surface area contributed by atoms with Crippen molar-refractivity contribution in [3.05, 3.63) is 30.3 Å². The summed E-state index contributed by atoms with van der Waals surface area (Å²) in [5.41, 5.74) is 0.941. The molecule has 0 spiro atoms. The van der Waals surface area contributed by atoms with Gasteiger partial charge < -0.3 is 10.2 Å². The van der Waals surface area contributed by atoms with Crippen molar-refractivity contribution >= 4 is 11.6 Å². The van der Waals surface area contributed by atoms with Crippen LogP contribution in [0.15, 0.2) is 30.3 Å². The first-order chi connectivity index (χ1) is 7.65. The van der Waals surface area contributed by atoms with Crippen LogP contribution >= 0.6 is 0 Å². The maximum Gasteiger partial charge on any atom is 0.228 e. The molecule has 1 N–H and O–H groups in total. The molecule has 3 heteroatoms. The standard InChI is InChI=1S/C13H20N2O/c1-4-14-11(2)10-13(16)15(3)12-8-6-5-7-9-12/h5-9,11,14H,4,10H2,1-3H3. The summed E-state index contributed by atoms with van der Waals surface area (Å²) in [6, 6.07) is 9.93. The van der Waals surface area contributed by atoms with Crippen LogP contribution in [0.5, 0.6) is 0 Å². The largest absolute Gasteiger partial charge is 0.315 e. The molecule has 0 aliphatic carbocycles. The minimum Gasteiger partial charge on any atom is -0.315 e. The summed E-state index contributed by atoms with van der Waals surface area (Å²) in [4.78, 5) is 13.6. The van der Waals surface area contributed by atoms with Crippen molar-refractivity contribution in [3.63, 3.8) is 0 Å². The molecule has 0 bridgehead atoms. The molecule has 1 atom stereocenters. The Kier molecular flexibility index (Phi) is 4.99. The summed E-state index contributed by atoms with van der Waals surface area (Å²) < 4.78 is 0. The molecule has 0 aromatic heterocycles. The normalized spacial score (nSPS) is 12.2. The predicted molar refractivity (Wildman–Crippen MR) is 67.6 cm³/mol. The van der Waals surface area contributed by atoms with Crippen molar-refractivity contribution in [2.75, 3.05) is 18.5 Å². The lowest BCUT2D eigenvalue weighted by atomic mass is 10.2. The molecular weight excluding hydrogens is 200 g/mol. The van der Waals surface area contributed by atoms with Crippen LogP contribution in [-0.4, -0.2) is 25.5 Å². The summed E-state index contributed by atoms with van der Waals surface area (Å²) in [7, 11) is 1.82. The van der Waals surface area contributed by atoms with E-state index in [1.807, 2.05) is 51.2 Å². The van der Waals surface area contributed by atoms with Crippen LogP contribution in [0.3, 0.4) is 0 Å². The molecule has 1 rings (SSSR count). The van der Waals surface area contributed by atoms with E-state index in [4.69, 9.17) is 0 Å². The van der Waals surface area contributed by atoms with E-state index in [9.17, 15) is 4.79 Å². The molecule has 3 nitrogen and oxygen atoms in total. The Morgan fingerprint density at radius 2 is 2.00 bits per heavy atom. The second-order valence-corrected chi connectivity index (χ2v) is 3.95. The second-order valence-electron chi connectivity index (χ2n) is 3.95. The third-order valence-electron chi connectivity index (χ3n) is 2.55. The summed E-state index contributed by atoms with van der Waals surface area (Å²) in [6.07, 6.45) is 0.527. The summed E-state index contributed by atoms with van der Waals surface area (Å²) in [5, 5.41) is 3.24. The smallest absolute Gasteiger partial charge is 0.228 e. The van der Waals surface area contributed by atoms with Crippen molar-refractivity contribution in [1.82, 2.24) is 5.32 Å². The topological polar surface area (TPSA) is 32.3 Å². The lowest BCUT2D eigenvalue weighted by Crippen LogP contribution is -2.34. The zero-order chi connectivity index (χ0) is 12.0. The van der Waals surface area contributed by atoms with Crippen LogP contribution in [0.25, 0.3) is 0 Å². The summed E-state index contributed by atoms with van der Waals surface area (Å²) in [6.45, 7) is 4.96. The molecule has 0 radical (unpaired) electrons. The number of carbonyl (C=O) groups is 1. The highest BCUT2D eigenvalue weighted by Crippen LogP contribution is 2.12. The lowest BCUT2D eigenvalue weighted by molar-refractivity contribution is -0.118. The number of nitrogens with zero attached hydrogens (tertiary/aromatic N) is 1. The number of anilines is 1. The van der Waals surface area contributed by atoms with E-state index in [1.165, 1.54) is 0 Å². The number of nitrogens with one attached hydrogen (secondary N) is 1. The molecule has 1 amide bonds. The SMILES string of the molecule is CCNC(C)CC(=O)N(C)c1ccccc1. The van der Waals surface area contributed by atoms with Crippen LogP contribution in [0, 0.1) is 0 Å². The monoisotopic (exact) mass is 220 g/mol.